The third-order valence-corrected chi connectivity index (χ3v) is 2.03. The predicted octanol–water partition coefficient (Wildman–Crippen LogP) is 0.952. The SMILES string of the molecule is O=C1C[N+](=O)C2=C1C=CCC2. The monoisotopic (exact) mass is 150 g/mol. The molecule has 11 heavy (non-hydrogen) atoms. The second kappa shape index (κ2) is 2.12. The fraction of sp³-hybridized carbons (Fsp3) is 0.375. The van der Waals surface area contributed by atoms with Gasteiger partial charge in [-0.2, -0.15) is 0 Å². The van der Waals surface area contributed by atoms with Gasteiger partial charge in [-0.15, -0.1) is 0 Å². The summed E-state index contributed by atoms with van der Waals surface area (Å²) in [6.07, 6.45) is 5.31. The number of hydrogen-bond acceptors (Lipinski definition) is 2. The molecule has 1 heterocycles. The summed E-state index contributed by atoms with van der Waals surface area (Å²) in [6, 6.07) is 0. The molecule has 3 heteroatoms. The maximum atomic E-state index is 11.1. The number of rotatable bonds is 0. The van der Waals surface area contributed by atoms with Gasteiger partial charge in [0.05, 0.1) is 5.57 Å². The van der Waals surface area contributed by atoms with E-state index < -0.39 is 0 Å². The standard InChI is InChI=1S/C8H8NO2/c10-8-5-9(11)7-4-2-1-3-6(7)8/h1,3H,2,4-5H2/q+1. The van der Waals surface area contributed by atoms with Gasteiger partial charge >= 0.3 is 0 Å². The highest BCUT2D eigenvalue weighted by molar-refractivity contribution is 6.00. The Morgan fingerprint density at radius 2 is 2.27 bits per heavy atom. The minimum atomic E-state index is -0.0362. The van der Waals surface area contributed by atoms with E-state index in [1.807, 2.05) is 6.08 Å². The molecule has 1 aliphatic heterocycles. The molecule has 2 aliphatic rings. The van der Waals surface area contributed by atoms with Crippen LogP contribution in [0.25, 0.3) is 0 Å². The second-order valence-electron chi connectivity index (χ2n) is 2.76. The number of carbonyl (C=O) groups excluding carboxylic acids is 1. The van der Waals surface area contributed by atoms with Gasteiger partial charge in [-0.25, -0.2) is 0 Å². The van der Waals surface area contributed by atoms with Crippen LogP contribution in [0.4, 0.5) is 0 Å². The molecule has 0 bridgehead atoms. The van der Waals surface area contributed by atoms with Gasteiger partial charge in [0.25, 0.3) is 6.54 Å². The average Bonchev–Trinajstić information content (AvgIpc) is 2.30. The van der Waals surface area contributed by atoms with Gasteiger partial charge in [0, 0.05) is 16.1 Å². The largest absolute Gasteiger partial charge is 0.287 e. The van der Waals surface area contributed by atoms with Crippen LogP contribution in [-0.4, -0.2) is 17.1 Å². The number of Topliss-reactive ketones (excluding diaryl/α,β-unsaturated/α-hetero) is 1. The first-order valence-electron chi connectivity index (χ1n) is 3.66. The molecule has 1 aliphatic carbocycles. The maximum Gasteiger partial charge on any atom is 0.261 e. The average molecular weight is 150 g/mol. The number of carbonyl (C=O) groups is 1. The van der Waals surface area contributed by atoms with E-state index in [9.17, 15) is 9.70 Å². The molecule has 0 N–H and O–H groups in total. The maximum absolute atomic E-state index is 11.1. The van der Waals surface area contributed by atoms with Crippen molar-refractivity contribution in [2.45, 2.75) is 12.8 Å². The fourth-order valence-corrected chi connectivity index (χ4v) is 1.48. The van der Waals surface area contributed by atoms with E-state index in [1.165, 1.54) is 0 Å². The predicted molar refractivity (Wildman–Crippen MR) is 38.9 cm³/mol. The molecular weight excluding hydrogens is 142 g/mol. The van der Waals surface area contributed by atoms with Crippen molar-refractivity contribution < 1.29 is 9.55 Å². The topological polar surface area (TPSA) is 37.1 Å². The Hall–Kier alpha value is -1.25. The Morgan fingerprint density at radius 3 is 3.00 bits per heavy atom. The molecule has 0 saturated heterocycles. The van der Waals surface area contributed by atoms with Crippen LogP contribution >= 0.6 is 0 Å². The zero-order chi connectivity index (χ0) is 7.84. The molecule has 3 nitrogen and oxygen atoms in total. The van der Waals surface area contributed by atoms with Crippen LogP contribution < -0.4 is 0 Å². The van der Waals surface area contributed by atoms with Crippen LogP contribution in [0.1, 0.15) is 12.8 Å². The fourth-order valence-electron chi connectivity index (χ4n) is 1.48. The van der Waals surface area contributed by atoms with Crippen molar-refractivity contribution >= 4 is 5.78 Å². The van der Waals surface area contributed by atoms with Gasteiger partial charge in [0.2, 0.25) is 11.5 Å². The van der Waals surface area contributed by atoms with Gasteiger partial charge < -0.3 is 0 Å². The summed E-state index contributed by atoms with van der Waals surface area (Å²) in [6.45, 7) is 0.0228. The molecule has 0 amide bonds. The van der Waals surface area contributed by atoms with E-state index in [1.54, 1.807) is 6.08 Å². The molecule has 2 rings (SSSR count). The van der Waals surface area contributed by atoms with E-state index >= 15 is 0 Å². The lowest BCUT2D eigenvalue weighted by molar-refractivity contribution is -0.482. The van der Waals surface area contributed by atoms with E-state index in [2.05, 4.69) is 0 Å². The Bertz CT molecular complexity index is 299. The lowest BCUT2D eigenvalue weighted by Crippen LogP contribution is -2.06. The van der Waals surface area contributed by atoms with Crippen LogP contribution in [0.2, 0.25) is 0 Å². The summed E-state index contributed by atoms with van der Waals surface area (Å²) in [5.41, 5.74) is 1.31. The van der Waals surface area contributed by atoms with Crippen molar-refractivity contribution in [3.63, 3.8) is 0 Å². The first kappa shape index (κ1) is 6.46. The highest BCUT2D eigenvalue weighted by Crippen LogP contribution is 2.24. The first-order chi connectivity index (χ1) is 5.29. The highest BCUT2D eigenvalue weighted by atomic mass is 16.3. The third-order valence-electron chi connectivity index (χ3n) is 2.03. The molecule has 0 unspecified atom stereocenters. The van der Waals surface area contributed by atoms with E-state index in [0.29, 0.717) is 11.3 Å². The lowest BCUT2D eigenvalue weighted by atomic mass is 10.0. The van der Waals surface area contributed by atoms with Crippen molar-refractivity contribution in [3.05, 3.63) is 28.3 Å². The van der Waals surface area contributed by atoms with E-state index in [0.717, 1.165) is 17.6 Å². The molecule has 0 saturated carbocycles. The minimum Gasteiger partial charge on any atom is -0.287 e. The van der Waals surface area contributed by atoms with Crippen molar-refractivity contribution in [2.24, 2.45) is 0 Å². The van der Waals surface area contributed by atoms with Crippen LogP contribution in [0.3, 0.4) is 0 Å². The van der Waals surface area contributed by atoms with Crippen molar-refractivity contribution in [1.82, 2.24) is 0 Å². The summed E-state index contributed by atoms with van der Waals surface area (Å²) in [5, 5.41) is 0. The number of hydrogen-bond donors (Lipinski definition) is 0. The van der Waals surface area contributed by atoms with Crippen LogP contribution in [-0.2, 0) is 4.79 Å². The van der Waals surface area contributed by atoms with Crippen LogP contribution in [0.5, 0.6) is 0 Å². The van der Waals surface area contributed by atoms with Gasteiger partial charge in [-0.3, -0.25) is 4.79 Å². The molecule has 0 atom stereocenters. The molecule has 0 aromatic heterocycles. The van der Waals surface area contributed by atoms with Gasteiger partial charge in [-0.1, -0.05) is 6.08 Å². The number of ketones is 1. The summed E-state index contributed by atoms with van der Waals surface area (Å²) in [5.74, 6) is -0.0362. The smallest absolute Gasteiger partial charge is 0.261 e. The molecule has 56 valence electrons. The highest BCUT2D eigenvalue weighted by Gasteiger charge is 2.37. The van der Waals surface area contributed by atoms with Crippen molar-refractivity contribution in [1.29, 1.82) is 0 Å². The molecular formula is C8H8NO2+. The summed E-state index contributed by atoms with van der Waals surface area (Å²) < 4.78 is 0.807. The number of allylic oxidation sites excluding steroid dienone is 3. The zero-order valence-corrected chi connectivity index (χ0v) is 6.04. The molecule has 0 spiro atoms. The summed E-state index contributed by atoms with van der Waals surface area (Å²) in [4.78, 5) is 22.1. The molecule has 0 aromatic carbocycles. The Morgan fingerprint density at radius 1 is 1.45 bits per heavy atom. The molecule has 0 radical (unpaired) electrons. The van der Waals surface area contributed by atoms with Crippen LogP contribution in [0, 0.1) is 4.91 Å². The van der Waals surface area contributed by atoms with E-state index in [4.69, 9.17) is 0 Å². The third kappa shape index (κ3) is 0.843. The van der Waals surface area contributed by atoms with Gasteiger partial charge in [-0.05, 0) is 12.5 Å². The number of nitroso groups, excluding NO2 is 1. The lowest BCUT2D eigenvalue weighted by Gasteiger charge is -1.96. The second-order valence-corrected chi connectivity index (χ2v) is 2.76. The van der Waals surface area contributed by atoms with Crippen molar-refractivity contribution in [3.8, 4) is 0 Å². The Kier molecular flexibility index (Phi) is 1.24. The summed E-state index contributed by atoms with van der Waals surface area (Å²) in [7, 11) is 0. The van der Waals surface area contributed by atoms with E-state index in [-0.39, 0.29) is 12.3 Å². The van der Waals surface area contributed by atoms with Crippen LogP contribution in [0.15, 0.2) is 23.4 Å². The first-order valence-corrected chi connectivity index (χ1v) is 3.66. The minimum absolute atomic E-state index is 0.0228. The normalized spacial score (nSPS) is 22.9. The molecule has 0 aromatic rings. The van der Waals surface area contributed by atoms with Crippen molar-refractivity contribution in [2.75, 3.05) is 6.54 Å². The Labute approximate surface area is 64.0 Å². The van der Waals surface area contributed by atoms with Gasteiger partial charge in [0.1, 0.15) is 0 Å². The summed E-state index contributed by atoms with van der Waals surface area (Å²) >= 11 is 0. The number of nitrogens with zero attached hydrogens (tertiary/aromatic N) is 1. The zero-order valence-electron chi connectivity index (χ0n) is 6.04. The quantitative estimate of drug-likeness (QED) is 0.482. The molecule has 0 fully saturated rings. The van der Waals surface area contributed by atoms with Gasteiger partial charge in [0.15, 0.2) is 0 Å². The Balaban J connectivity index is 2.49.